The maximum absolute atomic E-state index is 12.1. The maximum Gasteiger partial charge on any atom is 0.358 e. The van der Waals surface area contributed by atoms with E-state index >= 15 is 0 Å². The number of carbonyl (C=O) groups is 1. The van der Waals surface area contributed by atoms with Gasteiger partial charge in [-0.05, 0) is 69.3 Å². The zero-order chi connectivity index (χ0) is 36.5. The van der Waals surface area contributed by atoms with Gasteiger partial charge in [0, 0.05) is 18.7 Å². The molecule has 2 aromatic heterocycles. The number of carbonyl (C=O) groups excluding carboxylic acids is 1. The number of hydrogen-bond acceptors (Lipinski definition) is 8. The molecule has 0 spiro atoms. The molecule has 2 heterocycles. The number of nitrogens with zero attached hydrogens (tertiary/aromatic N) is 7. The molecule has 7 aromatic rings. The summed E-state index contributed by atoms with van der Waals surface area (Å²) < 4.78 is 7.06. The van der Waals surface area contributed by atoms with Crippen molar-refractivity contribution in [3.63, 3.8) is 0 Å². The molecule has 0 amide bonds. The van der Waals surface area contributed by atoms with Gasteiger partial charge in [-0.2, -0.15) is 0 Å². The Morgan fingerprint density at radius 1 is 0.660 bits per heavy atom. The van der Waals surface area contributed by atoms with Crippen molar-refractivity contribution in [2.75, 3.05) is 18.1 Å². The second-order valence-electron chi connectivity index (χ2n) is 12.7. The van der Waals surface area contributed by atoms with E-state index in [2.05, 4.69) is 136 Å². The van der Waals surface area contributed by atoms with E-state index < -0.39 is 11.5 Å². The summed E-state index contributed by atoms with van der Waals surface area (Å²) in [5.74, 6) is 0.894. The van der Waals surface area contributed by atoms with Crippen LogP contribution in [0, 0.1) is 0 Å². The number of ether oxygens (including phenoxy) is 1. The summed E-state index contributed by atoms with van der Waals surface area (Å²) in [7, 11) is 0. The number of rotatable bonds is 14. The van der Waals surface area contributed by atoms with Crippen molar-refractivity contribution in [2.45, 2.75) is 38.8 Å². The lowest BCUT2D eigenvalue weighted by Gasteiger charge is -2.36. The molecule has 0 aliphatic carbocycles. The largest absolute Gasteiger partial charge is 0.461 e. The monoisotopic (exact) mass is 699 g/mol. The molecule has 0 saturated heterocycles. The predicted octanol–water partition coefficient (Wildman–Crippen LogP) is 8.62. The van der Waals surface area contributed by atoms with Crippen LogP contribution in [0.2, 0.25) is 0 Å². The lowest BCUT2D eigenvalue weighted by Crippen LogP contribution is -2.39. The van der Waals surface area contributed by atoms with Gasteiger partial charge in [0.1, 0.15) is 5.54 Å². The topological polar surface area (TPSA) is 98.9 Å². The summed E-state index contributed by atoms with van der Waals surface area (Å²) in [5, 5.41) is 22.3. The Kier molecular flexibility index (Phi) is 10.7. The lowest BCUT2D eigenvalue weighted by molar-refractivity contribution is 0.0518. The summed E-state index contributed by atoms with van der Waals surface area (Å²) >= 11 is 0. The fraction of sp³-hybridized carbons (Fsp3) is 0.182. The Morgan fingerprint density at radius 3 is 1.79 bits per heavy atom. The first-order valence-electron chi connectivity index (χ1n) is 18.0. The molecule has 0 unspecified atom stereocenters. The molecule has 0 atom stereocenters. The standard InChI is InChI=1S/C44H41N7O2/c1-3-5-31-50(41-30-29-40(45-46-41)43(52)53-4-2)32-33-25-27-34(28-26-33)38-23-15-16-24-39(38)42-47-48-49-51(42)44(35-17-9-6-10-18-35,36-19-11-7-12-20-36)37-21-13-8-14-22-37/h6-30H,3-5,31-32H2,1-2H3. The van der Waals surface area contributed by atoms with Gasteiger partial charge in [-0.15, -0.1) is 15.3 Å². The molecule has 0 fully saturated rings. The first-order chi connectivity index (χ1) is 26.1. The number of benzene rings is 5. The summed E-state index contributed by atoms with van der Waals surface area (Å²) in [5.41, 5.74) is 6.57. The average Bonchev–Trinajstić information content (AvgIpc) is 3.71. The SMILES string of the molecule is CCCCN(Cc1ccc(-c2ccccc2-c2nnnn2C(c2ccccc2)(c2ccccc2)c2ccccc2)cc1)c1ccc(C(=O)OCC)nn1. The Balaban J connectivity index is 1.26. The Labute approximate surface area is 309 Å². The van der Waals surface area contributed by atoms with Gasteiger partial charge in [0.05, 0.1) is 6.61 Å². The molecule has 264 valence electrons. The van der Waals surface area contributed by atoms with Crippen molar-refractivity contribution in [3.8, 4) is 22.5 Å². The van der Waals surface area contributed by atoms with Gasteiger partial charge in [-0.3, -0.25) is 0 Å². The van der Waals surface area contributed by atoms with Crippen molar-refractivity contribution >= 4 is 11.8 Å². The van der Waals surface area contributed by atoms with Crippen molar-refractivity contribution in [1.29, 1.82) is 0 Å². The van der Waals surface area contributed by atoms with Crippen LogP contribution in [0.25, 0.3) is 22.5 Å². The van der Waals surface area contributed by atoms with Crippen molar-refractivity contribution in [1.82, 2.24) is 30.4 Å². The molecule has 0 aliphatic heterocycles. The summed E-state index contributed by atoms with van der Waals surface area (Å²) in [4.78, 5) is 14.3. The van der Waals surface area contributed by atoms with Gasteiger partial charge in [-0.25, -0.2) is 9.48 Å². The van der Waals surface area contributed by atoms with Crippen molar-refractivity contribution in [3.05, 3.63) is 180 Å². The number of anilines is 1. The highest BCUT2D eigenvalue weighted by Crippen LogP contribution is 2.43. The zero-order valence-corrected chi connectivity index (χ0v) is 29.9. The molecule has 9 nitrogen and oxygen atoms in total. The highest BCUT2D eigenvalue weighted by atomic mass is 16.5. The van der Waals surface area contributed by atoms with Gasteiger partial charge in [-0.1, -0.05) is 153 Å². The van der Waals surface area contributed by atoms with E-state index in [0.717, 1.165) is 58.3 Å². The molecule has 0 N–H and O–H groups in total. The van der Waals surface area contributed by atoms with E-state index in [-0.39, 0.29) is 12.3 Å². The summed E-state index contributed by atoms with van der Waals surface area (Å²) in [6, 6.07) is 51.7. The Bertz CT molecular complexity index is 2130. The fourth-order valence-corrected chi connectivity index (χ4v) is 6.86. The second kappa shape index (κ2) is 16.2. The van der Waals surface area contributed by atoms with Gasteiger partial charge in [0.25, 0.3) is 0 Å². The van der Waals surface area contributed by atoms with E-state index in [9.17, 15) is 4.79 Å². The van der Waals surface area contributed by atoms with Crippen LogP contribution in [-0.2, 0) is 16.8 Å². The van der Waals surface area contributed by atoms with Crippen LogP contribution in [0.4, 0.5) is 5.82 Å². The highest BCUT2D eigenvalue weighted by Gasteiger charge is 2.42. The van der Waals surface area contributed by atoms with E-state index in [1.54, 1.807) is 13.0 Å². The Hall–Kier alpha value is -6.48. The predicted molar refractivity (Wildman–Crippen MR) is 207 cm³/mol. The molecule has 5 aromatic carbocycles. The molecule has 9 heteroatoms. The van der Waals surface area contributed by atoms with Crippen molar-refractivity contribution < 1.29 is 9.53 Å². The van der Waals surface area contributed by atoms with Gasteiger partial charge >= 0.3 is 5.97 Å². The summed E-state index contributed by atoms with van der Waals surface area (Å²) in [6.45, 7) is 5.68. The smallest absolute Gasteiger partial charge is 0.358 e. The molecule has 53 heavy (non-hydrogen) atoms. The Morgan fingerprint density at radius 2 is 1.25 bits per heavy atom. The average molecular weight is 700 g/mol. The minimum absolute atomic E-state index is 0.202. The van der Waals surface area contributed by atoms with E-state index in [1.165, 1.54) is 0 Å². The highest BCUT2D eigenvalue weighted by molar-refractivity contribution is 5.87. The van der Waals surface area contributed by atoms with Crippen LogP contribution >= 0.6 is 0 Å². The molecule has 7 rings (SSSR count). The molecule has 0 bridgehead atoms. The van der Waals surface area contributed by atoms with Crippen molar-refractivity contribution in [2.24, 2.45) is 0 Å². The van der Waals surface area contributed by atoms with Crippen LogP contribution in [0.3, 0.4) is 0 Å². The lowest BCUT2D eigenvalue weighted by atomic mass is 9.77. The molecular weight excluding hydrogens is 659 g/mol. The number of esters is 1. The second-order valence-corrected chi connectivity index (χ2v) is 12.7. The van der Waals surface area contributed by atoms with Crippen LogP contribution in [0.1, 0.15) is 59.4 Å². The molecule has 0 saturated carbocycles. The first-order valence-corrected chi connectivity index (χ1v) is 18.0. The van der Waals surface area contributed by atoms with E-state index in [4.69, 9.17) is 15.0 Å². The maximum atomic E-state index is 12.1. The third-order valence-corrected chi connectivity index (χ3v) is 9.41. The molecule has 0 radical (unpaired) electrons. The van der Waals surface area contributed by atoms with Crippen LogP contribution in [-0.4, -0.2) is 49.5 Å². The minimum Gasteiger partial charge on any atom is -0.461 e. The quantitative estimate of drug-likeness (QED) is 0.0822. The number of unbranched alkanes of at least 4 members (excludes halogenated alkanes) is 1. The minimum atomic E-state index is -0.862. The zero-order valence-electron chi connectivity index (χ0n) is 29.9. The third kappa shape index (κ3) is 7.19. The normalized spacial score (nSPS) is 11.3. The van der Waals surface area contributed by atoms with Crippen LogP contribution in [0.5, 0.6) is 0 Å². The first kappa shape index (κ1) is 34.9. The number of hydrogen-bond donors (Lipinski definition) is 0. The fourth-order valence-electron chi connectivity index (χ4n) is 6.86. The van der Waals surface area contributed by atoms with E-state index in [0.29, 0.717) is 18.2 Å². The number of aromatic nitrogens is 6. The van der Waals surface area contributed by atoms with Gasteiger partial charge in [0.15, 0.2) is 17.3 Å². The van der Waals surface area contributed by atoms with Crippen LogP contribution in [0.15, 0.2) is 152 Å². The molecule has 0 aliphatic rings. The van der Waals surface area contributed by atoms with E-state index in [1.807, 2.05) is 41.1 Å². The van der Waals surface area contributed by atoms with Gasteiger partial charge in [0.2, 0.25) is 0 Å². The summed E-state index contributed by atoms with van der Waals surface area (Å²) in [6.07, 6.45) is 2.04. The van der Waals surface area contributed by atoms with Gasteiger partial charge < -0.3 is 9.64 Å². The van der Waals surface area contributed by atoms with Crippen LogP contribution < -0.4 is 4.90 Å². The third-order valence-electron chi connectivity index (χ3n) is 9.41. The number of tetrazole rings is 1. The molecular formula is C44H41N7O2.